The molecule has 1 aromatic heterocycles. The minimum absolute atomic E-state index is 0.854. The number of nitrogens with zero attached hydrogens (tertiary/aromatic N) is 1. The molecule has 2 aliphatic rings. The molecule has 0 saturated heterocycles. The molecule has 1 heteroatoms. The molecule has 2 aliphatic carbocycles. The molecule has 2 bridgehead atoms. The van der Waals surface area contributed by atoms with E-state index in [1.807, 2.05) is 0 Å². The number of aryl methyl sites for hydroxylation is 1. The maximum atomic E-state index is 4.47. The summed E-state index contributed by atoms with van der Waals surface area (Å²) in [6.45, 7) is 4.36. The summed E-state index contributed by atoms with van der Waals surface area (Å²) in [5.41, 5.74) is 5.92. The zero-order chi connectivity index (χ0) is 9.00. The van der Waals surface area contributed by atoms with Crippen LogP contribution in [0.2, 0.25) is 0 Å². The largest absolute Gasteiger partial charge is 0.261 e. The van der Waals surface area contributed by atoms with Crippen molar-refractivity contribution in [1.82, 2.24) is 4.98 Å². The first-order valence-corrected chi connectivity index (χ1v) is 5.23. The molecule has 0 aliphatic heterocycles. The van der Waals surface area contributed by atoms with E-state index in [1.165, 1.54) is 30.5 Å². The maximum absolute atomic E-state index is 4.47. The predicted molar refractivity (Wildman–Crippen MR) is 53.0 cm³/mol. The molecule has 1 saturated carbocycles. The van der Waals surface area contributed by atoms with Crippen LogP contribution < -0.4 is 0 Å². The highest BCUT2D eigenvalue weighted by atomic mass is 14.7. The van der Waals surface area contributed by atoms with Crippen molar-refractivity contribution in [2.45, 2.75) is 44.9 Å². The van der Waals surface area contributed by atoms with Gasteiger partial charge in [0.15, 0.2) is 0 Å². The van der Waals surface area contributed by atoms with Crippen LogP contribution in [0.1, 0.15) is 53.5 Å². The van der Waals surface area contributed by atoms with Crippen LogP contribution in [0.15, 0.2) is 6.20 Å². The van der Waals surface area contributed by atoms with Gasteiger partial charge in [-0.1, -0.05) is 0 Å². The van der Waals surface area contributed by atoms with Crippen molar-refractivity contribution >= 4 is 0 Å². The summed E-state index contributed by atoms with van der Waals surface area (Å²) in [5, 5.41) is 0. The highest BCUT2D eigenvalue weighted by Crippen LogP contribution is 2.53. The minimum Gasteiger partial charge on any atom is -0.261 e. The highest BCUT2D eigenvalue weighted by molar-refractivity contribution is 5.45. The number of fused-ring (bicyclic) bond motifs is 5. The molecule has 0 spiro atoms. The first-order chi connectivity index (χ1) is 6.27. The fraction of sp³-hybridized carbons (Fsp3) is 0.583. The minimum atomic E-state index is 0.854. The highest BCUT2D eigenvalue weighted by Gasteiger charge is 2.38. The van der Waals surface area contributed by atoms with Crippen molar-refractivity contribution < 1.29 is 0 Å². The Morgan fingerprint density at radius 2 is 2.00 bits per heavy atom. The Kier molecular flexibility index (Phi) is 1.36. The summed E-state index contributed by atoms with van der Waals surface area (Å²) in [6, 6.07) is 0. The molecular formula is C12H15N. The van der Waals surface area contributed by atoms with Crippen LogP contribution in [-0.4, -0.2) is 4.98 Å². The van der Waals surface area contributed by atoms with E-state index in [0.29, 0.717) is 0 Å². The van der Waals surface area contributed by atoms with E-state index in [2.05, 4.69) is 25.0 Å². The van der Waals surface area contributed by atoms with Crippen LogP contribution >= 0.6 is 0 Å². The first-order valence-electron chi connectivity index (χ1n) is 5.23. The normalized spacial score (nSPS) is 29.4. The molecular weight excluding hydrogens is 158 g/mol. The van der Waals surface area contributed by atoms with Crippen LogP contribution in [0.25, 0.3) is 0 Å². The summed E-state index contributed by atoms with van der Waals surface area (Å²) in [7, 11) is 0. The number of hydrogen-bond acceptors (Lipinski definition) is 1. The molecule has 0 N–H and O–H groups in total. The van der Waals surface area contributed by atoms with Gasteiger partial charge in [-0.15, -0.1) is 0 Å². The Morgan fingerprint density at radius 1 is 1.23 bits per heavy atom. The molecule has 1 nitrogen and oxygen atoms in total. The van der Waals surface area contributed by atoms with E-state index in [-0.39, 0.29) is 0 Å². The summed E-state index contributed by atoms with van der Waals surface area (Å²) >= 11 is 0. The lowest BCUT2D eigenvalue weighted by atomic mass is 9.89. The van der Waals surface area contributed by atoms with Gasteiger partial charge in [0.1, 0.15) is 0 Å². The van der Waals surface area contributed by atoms with Crippen molar-refractivity contribution in [1.29, 1.82) is 0 Å². The van der Waals surface area contributed by atoms with E-state index < -0.39 is 0 Å². The fourth-order valence-corrected chi connectivity index (χ4v) is 3.14. The zero-order valence-corrected chi connectivity index (χ0v) is 8.30. The molecule has 1 heterocycles. The number of aromatic nitrogens is 1. The van der Waals surface area contributed by atoms with Gasteiger partial charge in [0.2, 0.25) is 0 Å². The van der Waals surface area contributed by atoms with Gasteiger partial charge in [0.05, 0.1) is 0 Å². The molecule has 1 fully saturated rings. The number of pyridine rings is 1. The van der Waals surface area contributed by atoms with Crippen LogP contribution in [0.3, 0.4) is 0 Å². The molecule has 2 atom stereocenters. The van der Waals surface area contributed by atoms with Gasteiger partial charge in [-0.05, 0) is 61.6 Å². The van der Waals surface area contributed by atoms with E-state index >= 15 is 0 Å². The van der Waals surface area contributed by atoms with Gasteiger partial charge in [-0.3, -0.25) is 4.98 Å². The topological polar surface area (TPSA) is 12.9 Å². The van der Waals surface area contributed by atoms with E-state index in [9.17, 15) is 0 Å². The number of hydrogen-bond donors (Lipinski definition) is 0. The van der Waals surface area contributed by atoms with Crippen molar-refractivity contribution in [3.05, 3.63) is 28.6 Å². The second kappa shape index (κ2) is 2.34. The average molecular weight is 173 g/mol. The van der Waals surface area contributed by atoms with Crippen LogP contribution in [0.5, 0.6) is 0 Å². The van der Waals surface area contributed by atoms with E-state index in [1.54, 1.807) is 11.1 Å². The van der Waals surface area contributed by atoms with Crippen LogP contribution in [0, 0.1) is 13.8 Å². The summed E-state index contributed by atoms with van der Waals surface area (Å²) < 4.78 is 0. The summed E-state index contributed by atoms with van der Waals surface area (Å²) in [6.07, 6.45) is 6.35. The predicted octanol–water partition coefficient (Wildman–Crippen LogP) is 3.06. The Bertz CT molecular complexity index is 368. The Balaban J connectivity index is 2.26. The molecule has 0 aromatic carbocycles. The molecule has 13 heavy (non-hydrogen) atoms. The van der Waals surface area contributed by atoms with Gasteiger partial charge >= 0.3 is 0 Å². The molecule has 0 amide bonds. The van der Waals surface area contributed by atoms with Crippen LogP contribution in [-0.2, 0) is 0 Å². The Hall–Kier alpha value is -0.850. The lowest BCUT2D eigenvalue weighted by molar-refractivity contribution is 0.707. The van der Waals surface area contributed by atoms with Gasteiger partial charge in [-0.25, -0.2) is 0 Å². The molecule has 2 unspecified atom stereocenters. The second-order valence-electron chi connectivity index (χ2n) is 4.54. The molecule has 1 aromatic rings. The third kappa shape index (κ3) is 0.849. The van der Waals surface area contributed by atoms with E-state index in [4.69, 9.17) is 0 Å². The third-order valence-corrected chi connectivity index (χ3v) is 3.94. The monoisotopic (exact) mass is 173 g/mol. The second-order valence-corrected chi connectivity index (χ2v) is 4.54. The van der Waals surface area contributed by atoms with Crippen LogP contribution in [0.4, 0.5) is 0 Å². The number of rotatable bonds is 0. The smallest absolute Gasteiger partial charge is 0.0404 e. The fourth-order valence-electron chi connectivity index (χ4n) is 3.14. The summed E-state index contributed by atoms with van der Waals surface area (Å²) in [5.74, 6) is 1.73. The first kappa shape index (κ1) is 7.54. The summed E-state index contributed by atoms with van der Waals surface area (Å²) in [4.78, 5) is 4.47. The lowest BCUT2D eigenvalue weighted by Crippen LogP contribution is -2.03. The van der Waals surface area contributed by atoms with Gasteiger partial charge < -0.3 is 0 Å². The lowest BCUT2D eigenvalue weighted by Gasteiger charge is -2.17. The third-order valence-electron chi connectivity index (χ3n) is 3.94. The standard InChI is InChI=1S/C12H15N/c1-7-8(2)13-6-11-9-3-4-10(5-9)12(7)11/h6,9-10H,3-5H2,1-2H3. The maximum Gasteiger partial charge on any atom is 0.0404 e. The SMILES string of the molecule is Cc1ncc2c(c1C)C1CCC2C1. The van der Waals surface area contributed by atoms with Gasteiger partial charge in [0.25, 0.3) is 0 Å². The van der Waals surface area contributed by atoms with Gasteiger partial charge in [0, 0.05) is 11.9 Å². The zero-order valence-electron chi connectivity index (χ0n) is 8.30. The van der Waals surface area contributed by atoms with Crippen molar-refractivity contribution in [2.75, 3.05) is 0 Å². The average Bonchev–Trinajstić information content (AvgIpc) is 2.70. The van der Waals surface area contributed by atoms with Crippen molar-refractivity contribution in [2.24, 2.45) is 0 Å². The van der Waals surface area contributed by atoms with Crippen molar-refractivity contribution in [3.8, 4) is 0 Å². The van der Waals surface area contributed by atoms with E-state index in [0.717, 1.165) is 11.8 Å². The quantitative estimate of drug-likeness (QED) is 0.587. The molecule has 3 rings (SSSR count). The molecule has 0 radical (unpaired) electrons. The Labute approximate surface area is 79.2 Å². The van der Waals surface area contributed by atoms with Crippen molar-refractivity contribution in [3.63, 3.8) is 0 Å². The molecule has 68 valence electrons. The van der Waals surface area contributed by atoms with Gasteiger partial charge in [-0.2, -0.15) is 0 Å². The Morgan fingerprint density at radius 3 is 2.85 bits per heavy atom.